The minimum absolute atomic E-state index is 0.543. The second-order valence-corrected chi connectivity index (χ2v) is 7.65. The first-order valence-electron chi connectivity index (χ1n) is 8.72. The third kappa shape index (κ3) is 3.07. The molecule has 0 aliphatic heterocycles. The molecule has 1 fully saturated rings. The summed E-state index contributed by atoms with van der Waals surface area (Å²) in [6.07, 6.45) is 8.59. The van der Waals surface area contributed by atoms with Gasteiger partial charge < -0.3 is 5.32 Å². The molecule has 1 N–H and O–H groups in total. The highest BCUT2D eigenvalue weighted by molar-refractivity contribution is 9.10. The van der Waals surface area contributed by atoms with Crippen molar-refractivity contribution < 1.29 is 0 Å². The second-order valence-electron chi connectivity index (χ2n) is 6.73. The predicted octanol–water partition coefficient (Wildman–Crippen LogP) is 5.82. The smallest absolute Gasteiger partial charge is 0.139 e. The number of halogens is 1. The molecular weight excluding hydrogens is 362 g/mol. The summed E-state index contributed by atoms with van der Waals surface area (Å²) in [7, 11) is 0. The fourth-order valence-corrected chi connectivity index (χ4v) is 3.85. The Hall–Kier alpha value is -1.81. The van der Waals surface area contributed by atoms with Gasteiger partial charge in [-0.25, -0.2) is 4.98 Å². The van der Waals surface area contributed by atoms with Gasteiger partial charge in [-0.2, -0.15) is 0 Å². The second kappa shape index (κ2) is 6.60. The quantitative estimate of drug-likeness (QED) is 0.617. The first-order chi connectivity index (χ1) is 11.7. The lowest BCUT2D eigenvalue weighted by atomic mass is 9.95. The van der Waals surface area contributed by atoms with E-state index in [0.29, 0.717) is 6.04 Å². The minimum Gasteiger partial charge on any atom is -0.367 e. The van der Waals surface area contributed by atoms with Gasteiger partial charge in [-0.3, -0.25) is 4.40 Å². The van der Waals surface area contributed by atoms with E-state index in [0.717, 1.165) is 21.6 Å². The van der Waals surface area contributed by atoms with E-state index in [1.54, 1.807) is 0 Å². The summed E-state index contributed by atoms with van der Waals surface area (Å²) >= 11 is 3.59. The molecule has 1 aliphatic rings. The number of benzene rings is 1. The summed E-state index contributed by atoms with van der Waals surface area (Å²) in [6.45, 7) is 2.12. The molecule has 1 aliphatic carbocycles. The van der Waals surface area contributed by atoms with Gasteiger partial charge in [-0.15, -0.1) is 0 Å². The summed E-state index contributed by atoms with van der Waals surface area (Å²) in [5.41, 5.74) is 4.46. The third-order valence-electron chi connectivity index (χ3n) is 4.85. The van der Waals surface area contributed by atoms with Gasteiger partial charge in [0.15, 0.2) is 0 Å². The number of aryl methyl sites for hydroxylation is 1. The first kappa shape index (κ1) is 15.7. The van der Waals surface area contributed by atoms with Gasteiger partial charge in [-0.05, 0) is 47.8 Å². The summed E-state index contributed by atoms with van der Waals surface area (Å²) in [6, 6.07) is 13.3. The molecule has 0 bridgehead atoms. The third-order valence-corrected chi connectivity index (χ3v) is 5.32. The number of hydrogen-bond acceptors (Lipinski definition) is 2. The van der Waals surface area contributed by atoms with Crippen LogP contribution in [0.3, 0.4) is 0 Å². The number of rotatable bonds is 3. The fourth-order valence-electron chi connectivity index (χ4n) is 3.51. The number of nitrogens with zero attached hydrogens (tertiary/aromatic N) is 2. The van der Waals surface area contributed by atoms with E-state index in [9.17, 15) is 0 Å². The Bertz CT molecular complexity index is 845. The van der Waals surface area contributed by atoms with Gasteiger partial charge in [0.05, 0.1) is 0 Å². The van der Waals surface area contributed by atoms with Crippen molar-refractivity contribution in [2.45, 2.75) is 45.1 Å². The van der Waals surface area contributed by atoms with E-state index in [1.165, 1.54) is 43.2 Å². The summed E-state index contributed by atoms with van der Waals surface area (Å²) in [4.78, 5) is 4.90. The van der Waals surface area contributed by atoms with Crippen molar-refractivity contribution in [3.8, 4) is 11.3 Å². The topological polar surface area (TPSA) is 29.3 Å². The van der Waals surface area contributed by atoms with Crippen LogP contribution in [-0.4, -0.2) is 15.4 Å². The average Bonchev–Trinajstić information content (AvgIpc) is 2.94. The molecule has 1 aromatic carbocycles. The maximum atomic E-state index is 4.90. The zero-order valence-electron chi connectivity index (χ0n) is 13.9. The van der Waals surface area contributed by atoms with E-state index < -0.39 is 0 Å². The molecule has 0 radical (unpaired) electrons. The summed E-state index contributed by atoms with van der Waals surface area (Å²) in [5.74, 6) is 1.11. The van der Waals surface area contributed by atoms with Crippen molar-refractivity contribution in [1.82, 2.24) is 9.38 Å². The summed E-state index contributed by atoms with van der Waals surface area (Å²) in [5, 5.41) is 3.79. The lowest BCUT2D eigenvalue weighted by Gasteiger charge is -2.24. The van der Waals surface area contributed by atoms with Crippen molar-refractivity contribution in [1.29, 1.82) is 0 Å². The van der Waals surface area contributed by atoms with Gasteiger partial charge in [0.2, 0.25) is 0 Å². The van der Waals surface area contributed by atoms with Crippen LogP contribution in [0.25, 0.3) is 16.9 Å². The Morgan fingerprint density at radius 2 is 1.79 bits per heavy atom. The van der Waals surface area contributed by atoms with Crippen LogP contribution in [0.4, 0.5) is 5.82 Å². The predicted molar refractivity (Wildman–Crippen MR) is 104 cm³/mol. The van der Waals surface area contributed by atoms with Gasteiger partial charge >= 0.3 is 0 Å². The molecule has 1 saturated carbocycles. The van der Waals surface area contributed by atoms with Crippen LogP contribution in [-0.2, 0) is 0 Å². The van der Waals surface area contributed by atoms with E-state index in [4.69, 9.17) is 4.98 Å². The maximum Gasteiger partial charge on any atom is 0.139 e. The molecule has 3 aromatic rings. The summed E-state index contributed by atoms with van der Waals surface area (Å²) < 4.78 is 3.24. The molecule has 4 heteroatoms. The lowest BCUT2D eigenvalue weighted by molar-refractivity contribution is 0.462. The van der Waals surface area contributed by atoms with Gasteiger partial charge in [0.25, 0.3) is 0 Å². The zero-order chi connectivity index (χ0) is 16.5. The molecule has 0 spiro atoms. The SMILES string of the molecule is Cc1ccc(-c2nc3ccc(Br)cn3c2NC2CCCCC2)cc1. The highest BCUT2D eigenvalue weighted by Crippen LogP contribution is 2.32. The van der Waals surface area contributed by atoms with E-state index in [2.05, 4.69) is 69.1 Å². The van der Waals surface area contributed by atoms with Crippen molar-refractivity contribution in [2.24, 2.45) is 0 Å². The Kier molecular flexibility index (Phi) is 4.31. The molecule has 0 saturated heterocycles. The lowest BCUT2D eigenvalue weighted by Crippen LogP contribution is -2.23. The number of anilines is 1. The Labute approximate surface area is 151 Å². The van der Waals surface area contributed by atoms with Crippen LogP contribution in [0.5, 0.6) is 0 Å². The molecule has 4 rings (SSSR count). The Morgan fingerprint density at radius 1 is 1.04 bits per heavy atom. The molecule has 24 heavy (non-hydrogen) atoms. The van der Waals surface area contributed by atoms with Crippen molar-refractivity contribution in [3.63, 3.8) is 0 Å². The largest absolute Gasteiger partial charge is 0.367 e. The van der Waals surface area contributed by atoms with Gasteiger partial charge in [0.1, 0.15) is 17.2 Å². The van der Waals surface area contributed by atoms with Gasteiger partial charge in [-0.1, -0.05) is 49.1 Å². The minimum atomic E-state index is 0.543. The van der Waals surface area contributed by atoms with Crippen LogP contribution < -0.4 is 5.32 Å². The standard InChI is InChI=1S/C20H22BrN3/c1-14-7-9-15(10-8-14)19-20(22-17-5-3-2-4-6-17)24-13-16(21)11-12-18(24)23-19/h7-13,17,22H,2-6H2,1H3. The van der Waals surface area contributed by atoms with E-state index >= 15 is 0 Å². The molecule has 0 unspecified atom stereocenters. The number of pyridine rings is 1. The number of aromatic nitrogens is 2. The van der Waals surface area contributed by atoms with Crippen molar-refractivity contribution >= 4 is 27.4 Å². The fraction of sp³-hybridized carbons (Fsp3) is 0.350. The van der Waals surface area contributed by atoms with E-state index in [1.807, 2.05) is 6.07 Å². The normalized spacial score (nSPS) is 15.8. The molecular formula is C20H22BrN3. The van der Waals surface area contributed by atoms with Crippen LogP contribution in [0.15, 0.2) is 47.1 Å². The van der Waals surface area contributed by atoms with Crippen molar-refractivity contribution in [2.75, 3.05) is 5.32 Å². The number of imidazole rings is 1. The van der Waals surface area contributed by atoms with Crippen LogP contribution in [0.2, 0.25) is 0 Å². The zero-order valence-corrected chi connectivity index (χ0v) is 15.5. The molecule has 3 nitrogen and oxygen atoms in total. The van der Waals surface area contributed by atoms with Gasteiger partial charge in [0, 0.05) is 22.3 Å². The van der Waals surface area contributed by atoms with Crippen LogP contribution in [0, 0.1) is 6.92 Å². The molecule has 0 amide bonds. The van der Waals surface area contributed by atoms with Crippen molar-refractivity contribution in [3.05, 3.63) is 52.6 Å². The first-order valence-corrected chi connectivity index (χ1v) is 9.51. The highest BCUT2D eigenvalue weighted by atomic mass is 79.9. The molecule has 2 heterocycles. The number of nitrogens with one attached hydrogen (secondary N) is 1. The molecule has 2 aromatic heterocycles. The molecule has 0 atom stereocenters. The van der Waals surface area contributed by atoms with Crippen LogP contribution >= 0.6 is 15.9 Å². The Morgan fingerprint density at radius 3 is 2.54 bits per heavy atom. The van der Waals surface area contributed by atoms with E-state index in [-0.39, 0.29) is 0 Å². The highest BCUT2D eigenvalue weighted by Gasteiger charge is 2.19. The monoisotopic (exact) mass is 383 g/mol. The molecule has 124 valence electrons. The average molecular weight is 384 g/mol. The number of fused-ring (bicyclic) bond motifs is 1. The Balaban J connectivity index is 1.81. The number of hydrogen-bond donors (Lipinski definition) is 1. The van der Waals surface area contributed by atoms with Crippen LogP contribution in [0.1, 0.15) is 37.7 Å². The maximum absolute atomic E-state index is 4.90.